The van der Waals surface area contributed by atoms with E-state index in [0.717, 1.165) is 25.7 Å². The number of hydrogen-bond acceptors (Lipinski definition) is 2. The third-order valence-electron chi connectivity index (χ3n) is 3.35. The zero-order chi connectivity index (χ0) is 13.9. The summed E-state index contributed by atoms with van der Waals surface area (Å²) in [5.74, 6) is -0.120. The van der Waals surface area contributed by atoms with Gasteiger partial charge in [-0.25, -0.2) is 12.7 Å². The van der Waals surface area contributed by atoms with Crippen molar-refractivity contribution in [2.75, 3.05) is 13.1 Å². The van der Waals surface area contributed by atoms with E-state index in [9.17, 15) is 8.42 Å². The lowest BCUT2D eigenvalue weighted by atomic mass is 10.2. The molecule has 1 aromatic carbocycles. The Hall–Kier alpha value is -0.290. The largest absolute Gasteiger partial charge is 0.218 e. The monoisotopic (exact) mass is 321 g/mol. The summed E-state index contributed by atoms with van der Waals surface area (Å²) in [4.78, 5) is 0. The molecule has 0 aliphatic carbocycles. The van der Waals surface area contributed by atoms with E-state index < -0.39 is 10.0 Å². The van der Waals surface area contributed by atoms with Crippen LogP contribution in [0.25, 0.3) is 0 Å². The molecule has 0 unspecified atom stereocenters. The van der Waals surface area contributed by atoms with Crippen LogP contribution in [-0.4, -0.2) is 25.8 Å². The van der Waals surface area contributed by atoms with E-state index in [4.69, 9.17) is 23.2 Å². The van der Waals surface area contributed by atoms with Crippen molar-refractivity contribution in [3.8, 4) is 0 Å². The standard InChI is InChI=1S/C13H17Cl2NO2S/c14-12-6-5-7-13(15)11(12)10-19(17,18)16-8-3-1-2-4-9-16/h5-7H,1-4,8-10H2. The maximum atomic E-state index is 12.4. The second-order valence-electron chi connectivity index (χ2n) is 4.77. The predicted octanol–water partition coefficient (Wildman–Crippen LogP) is 3.70. The molecule has 1 aliphatic rings. The first-order chi connectivity index (χ1) is 9.00. The average Bonchev–Trinajstić information content (AvgIpc) is 2.63. The van der Waals surface area contributed by atoms with Crippen molar-refractivity contribution in [3.05, 3.63) is 33.8 Å². The van der Waals surface area contributed by atoms with Crippen molar-refractivity contribution in [1.29, 1.82) is 0 Å². The topological polar surface area (TPSA) is 37.4 Å². The summed E-state index contributed by atoms with van der Waals surface area (Å²) < 4.78 is 26.4. The highest BCUT2D eigenvalue weighted by molar-refractivity contribution is 7.88. The number of halogens is 2. The molecule has 1 fully saturated rings. The van der Waals surface area contributed by atoms with E-state index in [1.165, 1.54) is 0 Å². The van der Waals surface area contributed by atoms with Crippen molar-refractivity contribution >= 4 is 33.2 Å². The van der Waals surface area contributed by atoms with Crippen LogP contribution in [0.2, 0.25) is 10.0 Å². The number of hydrogen-bond donors (Lipinski definition) is 0. The molecular weight excluding hydrogens is 305 g/mol. The van der Waals surface area contributed by atoms with E-state index in [1.54, 1.807) is 22.5 Å². The third-order valence-corrected chi connectivity index (χ3v) is 5.86. The summed E-state index contributed by atoms with van der Waals surface area (Å²) in [6, 6.07) is 5.05. The minimum Gasteiger partial charge on any atom is -0.212 e. The Morgan fingerprint density at radius 3 is 2.05 bits per heavy atom. The molecule has 1 heterocycles. The fourth-order valence-electron chi connectivity index (χ4n) is 2.26. The van der Waals surface area contributed by atoms with Gasteiger partial charge in [0.15, 0.2) is 0 Å². The van der Waals surface area contributed by atoms with Crippen LogP contribution in [-0.2, 0) is 15.8 Å². The lowest BCUT2D eigenvalue weighted by Gasteiger charge is -2.20. The molecule has 19 heavy (non-hydrogen) atoms. The van der Waals surface area contributed by atoms with Crippen LogP contribution < -0.4 is 0 Å². The SMILES string of the molecule is O=S(=O)(Cc1c(Cl)cccc1Cl)N1CCCCCC1. The first-order valence-corrected chi connectivity index (χ1v) is 8.78. The highest BCUT2D eigenvalue weighted by Crippen LogP contribution is 2.27. The Morgan fingerprint density at radius 2 is 1.53 bits per heavy atom. The van der Waals surface area contributed by atoms with Gasteiger partial charge in [-0.1, -0.05) is 42.1 Å². The molecule has 0 aromatic heterocycles. The Bertz CT molecular complexity index is 517. The maximum Gasteiger partial charge on any atom is 0.218 e. The van der Waals surface area contributed by atoms with Gasteiger partial charge in [0.2, 0.25) is 10.0 Å². The van der Waals surface area contributed by atoms with Gasteiger partial charge in [-0.3, -0.25) is 0 Å². The van der Waals surface area contributed by atoms with Crippen molar-refractivity contribution in [2.24, 2.45) is 0 Å². The number of benzene rings is 1. The summed E-state index contributed by atoms with van der Waals surface area (Å²) in [5, 5.41) is 0.816. The van der Waals surface area contributed by atoms with Gasteiger partial charge in [-0.2, -0.15) is 0 Å². The van der Waals surface area contributed by atoms with Crippen molar-refractivity contribution in [1.82, 2.24) is 4.31 Å². The maximum absolute atomic E-state index is 12.4. The van der Waals surface area contributed by atoms with E-state index in [1.807, 2.05) is 0 Å². The second-order valence-corrected chi connectivity index (χ2v) is 7.55. The first-order valence-electron chi connectivity index (χ1n) is 6.41. The summed E-state index contributed by atoms with van der Waals surface area (Å²) >= 11 is 12.1. The van der Waals surface area contributed by atoms with Crippen molar-refractivity contribution in [3.63, 3.8) is 0 Å². The van der Waals surface area contributed by atoms with Gasteiger partial charge in [0, 0.05) is 28.7 Å². The van der Waals surface area contributed by atoms with Crippen LogP contribution in [0.3, 0.4) is 0 Å². The molecule has 0 amide bonds. The number of nitrogens with zero attached hydrogens (tertiary/aromatic N) is 1. The normalized spacial score (nSPS) is 18.2. The molecule has 1 aliphatic heterocycles. The van der Waals surface area contributed by atoms with Gasteiger partial charge in [-0.15, -0.1) is 0 Å². The van der Waals surface area contributed by atoms with Gasteiger partial charge in [0.05, 0.1) is 5.75 Å². The zero-order valence-electron chi connectivity index (χ0n) is 10.6. The highest BCUT2D eigenvalue weighted by atomic mass is 35.5. The molecule has 3 nitrogen and oxygen atoms in total. The van der Waals surface area contributed by atoms with Crippen molar-refractivity contribution < 1.29 is 8.42 Å². The van der Waals surface area contributed by atoms with E-state index >= 15 is 0 Å². The summed E-state index contributed by atoms with van der Waals surface area (Å²) in [6.45, 7) is 1.20. The summed E-state index contributed by atoms with van der Waals surface area (Å²) in [7, 11) is -3.34. The van der Waals surface area contributed by atoms with Crippen molar-refractivity contribution in [2.45, 2.75) is 31.4 Å². The minimum atomic E-state index is -3.34. The van der Waals surface area contributed by atoms with Crippen LogP contribution in [0.5, 0.6) is 0 Å². The Labute approximate surface area is 124 Å². The Kier molecular flexibility index (Phi) is 5.12. The van der Waals surface area contributed by atoms with Gasteiger partial charge >= 0.3 is 0 Å². The lowest BCUT2D eigenvalue weighted by Crippen LogP contribution is -2.33. The van der Waals surface area contributed by atoms with Crippen LogP contribution in [0.1, 0.15) is 31.2 Å². The minimum absolute atomic E-state index is 0.120. The van der Waals surface area contributed by atoms with Gasteiger partial charge in [-0.05, 0) is 25.0 Å². The van der Waals surface area contributed by atoms with Gasteiger partial charge in [0.1, 0.15) is 0 Å². The molecule has 2 rings (SSSR count). The average molecular weight is 322 g/mol. The number of sulfonamides is 1. The summed E-state index contributed by atoms with van der Waals surface area (Å²) in [5.41, 5.74) is 0.495. The van der Waals surface area contributed by atoms with Crippen LogP contribution in [0.15, 0.2) is 18.2 Å². The van der Waals surface area contributed by atoms with E-state index in [-0.39, 0.29) is 5.75 Å². The molecule has 0 saturated carbocycles. The van der Waals surface area contributed by atoms with E-state index in [0.29, 0.717) is 28.7 Å². The Balaban J connectivity index is 2.20. The fourth-order valence-corrected chi connectivity index (χ4v) is 4.63. The fraction of sp³-hybridized carbons (Fsp3) is 0.538. The smallest absolute Gasteiger partial charge is 0.212 e. The van der Waals surface area contributed by atoms with Crippen LogP contribution in [0, 0.1) is 0 Å². The molecule has 1 aromatic rings. The predicted molar refractivity (Wildman–Crippen MR) is 79.1 cm³/mol. The molecule has 0 N–H and O–H groups in total. The first kappa shape index (κ1) is 15.1. The van der Waals surface area contributed by atoms with Crippen LogP contribution >= 0.6 is 23.2 Å². The molecule has 106 valence electrons. The quantitative estimate of drug-likeness (QED) is 0.851. The molecule has 0 spiro atoms. The van der Waals surface area contributed by atoms with Gasteiger partial charge < -0.3 is 0 Å². The van der Waals surface area contributed by atoms with Crippen LogP contribution in [0.4, 0.5) is 0 Å². The lowest BCUT2D eigenvalue weighted by molar-refractivity contribution is 0.423. The van der Waals surface area contributed by atoms with Gasteiger partial charge in [0.25, 0.3) is 0 Å². The number of rotatable bonds is 3. The summed E-state index contributed by atoms with van der Waals surface area (Å²) in [6.07, 6.45) is 4.04. The highest BCUT2D eigenvalue weighted by Gasteiger charge is 2.25. The third kappa shape index (κ3) is 3.85. The second kappa shape index (κ2) is 6.44. The molecule has 6 heteroatoms. The molecule has 0 atom stereocenters. The zero-order valence-corrected chi connectivity index (χ0v) is 12.9. The molecule has 0 bridgehead atoms. The molecule has 1 saturated heterocycles. The molecule has 0 radical (unpaired) electrons. The molecular formula is C13H17Cl2NO2S. The van der Waals surface area contributed by atoms with E-state index in [2.05, 4.69) is 0 Å². The Morgan fingerprint density at radius 1 is 1.00 bits per heavy atom.